The first kappa shape index (κ1) is 15.3. The molecule has 6 nitrogen and oxygen atoms in total. The molecule has 0 spiro atoms. The molecule has 1 rings (SSSR count). The lowest BCUT2D eigenvalue weighted by molar-refractivity contribution is -0.141. The van der Waals surface area contributed by atoms with Gasteiger partial charge in [-0.1, -0.05) is 0 Å². The number of benzene rings is 1. The maximum absolute atomic E-state index is 11.0. The third-order valence-corrected chi connectivity index (χ3v) is 2.17. The molecule has 1 atom stereocenters. The summed E-state index contributed by atoms with van der Waals surface area (Å²) in [5.41, 5.74) is 5.81. The fourth-order valence-electron chi connectivity index (χ4n) is 1.26. The van der Waals surface area contributed by atoms with Crippen LogP contribution in [0.2, 0.25) is 0 Å². The molecule has 0 aliphatic carbocycles. The minimum absolute atomic E-state index is 0. The van der Waals surface area contributed by atoms with Crippen LogP contribution in [0.15, 0.2) is 12.1 Å². The lowest BCUT2D eigenvalue weighted by Gasteiger charge is -2.13. The molecule has 5 N–H and O–H groups in total. The van der Waals surface area contributed by atoms with Crippen LogP contribution in [0.3, 0.4) is 0 Å². The molecule has 0 bridgehead atoms. The van der Waals surface area contributed by atoms with Gasteiger partial charge in [-0.25, -0.2) is 0 Å². The number of halogens is 1. The second kappa shape index (κ2) is 6.17. The van der Waals surface area contributed by atoms with Gasteiger partial charge >= 0.3 is 5.97 Å². The molecule has 7 heteroatoms. The van der Waals surface area contributed by atoms with E-state index in [-0.39, 0.29) is 24.4 Å². The van der Waals surface area contributed by atoms with Crippen LogP contribution in [0.1, 0.15) is 18.0 Å². The minimum atomic E-state index is -0.807. The Labute approximate surface area is 104 Å². The van der Waals surface area contributed by atoms with Crippen molar-refractivity contribution in [1.82, 2.24) is 0 Å². The third kappa shape index (κ3) is 3.40. The van der Waals surface area contributed by atoms with Crippen molar-refractivity contribution < 1.29 is 24.9 Å². The monoisotopic (exact) mass is 263 g/mol. The number of carbonyl (C=O) groups excluding carboxylic acids is 1. The van der Waals surface area contributed by atoms with E-state index in [1.54, 1.807) is 0 Å². The highest BCUT2D eigenvalue weighted by atomic mass is 35.5. The van der Waals surface area contributed by atoms with Gasteiger partial charge in [0.1, 0.15) is 0 Å². The summed E-state index contributed by atoms with van der Waals surface area (Å²) in [4.78, 5) is 11.0. The molecule has 0 aliphatic heterocycles. The van der Waals surface area contributed by atoms with E-state index in [2.05, 4.69) is 4.74 Å². The number of hydrogen-bond donors (Lipinski definition) is 4. The average molecular weight is 264 g/mol. The molecule has 0 aromatic heterocycles. The molecular weight excluding hydrogens is 250 g/mol. The van der Waals surface area contributed by atoms with Crippen molar-refractivity contribution in [2.24, 2.45) is 5.73 Å². The molecule has 0 fully saturated rings. The van der Waals surface area contributed by atoms with E-state index in [0.29, 0.717) is 0 Å². The second-order valence-electron chi connectivity index (χ2n) is 3.26. The lowest BCUT2D eigenvalue weighted by Crippen LogP contribution is -2.16. The van der Waals surface area contributed by atoms with Gasteiger partial charge in [-0.05, 0) is 12.1 Å². The van der Waals surface area contributed by atoms with Crippen LogP contribution in [-0.2, 0) is 9.53 Å². The first-order chi connectivity index (χ1) is 7.47. The van der Waals surface area contributed by atoms with Gasteiger partial charge < -0.3 is 25.8 Å². The number of ether oxygens (including phenoxy) is 1. The van der Waals surface area contributed by atoms with Crippen molar-refractivity contribution in [3.63, 3.8) is 0 Å². The van der Waals surface area contributed by atoms with E-state index < -0.39 is 29.3 Å². The van der Waals surface area contributed by atoms with E-state index in [1.807, 2.05) is 0 Å². The first-order valence-corrected chi connectivity index (χ1v) is 4.53. The zero-order valence-corrected chi connectivity index (χ0v) is 9.90. The van der Waals surface area contributed by atoms with Crippen LogP contribution < -0.4 is 5.73 Å². The molecule has 0 aliphatic rings. The van der Waals surface area contributed by atoms with Crippen LogP contribution in [0.25, 0.3) is 0 Å². The Morgan fingerprint density at radius 1 is 1.35 bits per heavy atom. The Bertz CT molecular complexity index is 410. The van der Waals surface area contributed by atoms with E-state index in [9.17, 15) is 15.0 Å². The number of phenols is 3. The van der Waals surface area contributed by atoms with Crippen molar-refractivity contribution in [3.05, 3.63) is 17.7 Å². The zero-order chi connectivity index (χ0) is 12.3. The van der Waals surface area contributed by atoms with Crippen LogP contribution >= 0.6 is 12.4 Å². The molecule has 96 valence electrons. The summed E-state index contributed by atoms with van der Waals surface area (Å²) in [6.07, 6.45) is -0.131. The van der Waals surface area contributed by atoms with Crippen molar-refractivity contribution in [1.29, 1.82) is 0 Å². The number of hydrogen-bond acceptors (Lipinski definition) is 6. The van der Waals surface area contributed by atoms with E-state index in [1.165, 1.54) is 19.2 Å². The molecular formula is C10H14ClNO5. The number of carbonyl (C=O) groups is 1. The molecule has 0 unspecified atom stereocenters. The topological polar surface area (TPSA) is 113 Å². The van der Waals surface area contributed by atoms with E-state index >= 15 is 0 Å². The van der Waals surface area contributed by atoms with Gasteiger partial charge in [-0.2, -0.15) is 0 Å². The Morgan fingerprint density at radius 3 is 2.47 bits per heavy atom. The SMILES string of the molecule is COC(=O)C[C@H](N)c1ccc(O)c(O)c1O.Cl. The molecule has 17 heavy (non-hydrogen) atoms. The molecule has 0 heterocycles. The Hall–Kier alpha value is -1.66. The summed E-state index contributed by atoms with van der Waals surface area (Å²) in [6, 6.07) is 1.71. The predicted molar refractivity (Wildman–Crippen MR) is 62.2 cm³/mol. The molecule has 0 amide bonds. The highest BCUT2D eigenvalue weighted by Crippen LogP contribution is 2.39. The molecule has 1 aromatic carbocycles. The van der Waals surface area contributed by atoms with Crippen LogP contribution in [0, 0.1) is 0 Å². The minimum Gasteiger partial charge on any atom is -0.504 e. The summed E-state index contributed by atoms with van der Waals surface area (Å²) in [7, 11) is 1.23. The number of methoxy groups -OCH3 is 1. The second-order valence-corrected chi connectivity index (χ2v) is 3.26. The molecule has 0 saturated heterocycles. The lowest BCUT2D eigenvalue weighted by atomic mass is 10.0. The summed E-state index contributed by atoms with van der Waals surface area (Å²) in [5.74, 6) is -2.17. The molecule has 1 aromatic rings. The number of esters is 1. The largest absolute Gasteiger partial charge is 0.504 e. The summed E-state index contributed by atoms with van der Waals surface area (Å²) < 4.78 is 4.42. The van der Waals surface area contributed by atoms with E-state index in [4.69, 9.17) is 10.8 Å². The third-order valence-electron chi connectivity index (χ3n) is 2.17. The zero-order valence-electron chi connectivity index (χ0n) is 9.08. The average Bonchev–Trinajstić information content (AvgIpc) is 2.25. The maximum Gasteiger partial charge on any atom is 0.307 e. The molecule has 0 radical (unpaired) electrons. The van der Waals surface area contributed by atoms with Gasteiger partial charge in [-0.15, -0.1) is 12.4 Å². The van der Waals surface area contributed by atoms with Gasteiger partial charge in [0.15, 0.2) is 11.5 Å². The number of aromatic hydroxyl groups is 3. The highest BCUT2D eigenvalue weighted by molar-refractivity contribution is 5.85. The van der Waals surface area contributed by atoms with Gasteiger partial charge in [-0.3, -0.25) is 4.79 Å². The Balaban J connectivity index is 0.00000256. The van der Waals surface area contributed by atoms with Gasteiger partial charge in [0.25, 0.3) is 0 Å². The number of nitrogens with two attached hydrogens (primary N) is 1. The summed E-state index contributed by atoms with van der Waals surface area (Å²) in [6.45, 7) is 0. The summed E-state index contributed by atoms with van der Waals surface area (Å²) in [5, 5.41) is 27.8. The smallest absolute Gasteiger partial charge is 0.307 e. The first-order valence-electron chi connectivity index (χ1n) is 4.53. The molecule has 0 saturated carbocycles. The van der Waals surface area contributed by atoms with Crippen LogP contribution in [0.4, 0.5) is 0 Å². The Kier molecular flexibility index (Phi) is 5.57. The van der Waals surface area contributed by atoms with Gasteiger partial charge in [0.05, 0.1) is 13.5 Å². The number of rotatable bonds is 3. The fraction of sp³-hybridized carbons (Fsp3) is 0.300. The maximum atomic E-state index is 11.0. The highest BCUT2D eigenvalue weighted by Gasteiger charge is 2.19. The Morgan fingerprint density at radius 2 is 1.94 bits per heavy atom. The van der Waals surface area contributed by atoms with Gasteiger partial charge in [0, 0.05) is 11.6 Å². The standard InChI is InChI=1S/C10H13NO5.ClH/c1-16-8(13)4-6(11)5-2-3-7(12)10(15)9(5)14;/h2-3,6,12,14-15H,4,11H2,1H3;1H/t6-;/m0./s1. The van der Waals surface area contributed by atoms with Crippen LogP contribution in [0.5, 0.6) is 17.2 Å². The van der Waals surface area contributed by atoms with Gasteiger partial charge in [0.2, 0.25) is 5.75 Å². The normalized spacial score (nSPS) is 11.4. The van der Waals surface area contributed by atoms with Crippen molar-refractivity contribution in [2.45, 2.75) is 12.5 Å². The van der Waals surface area contributed by atoms with E-state index in [0.717, 1.165) is 0 Å². The van der Waals surface area contributed by atoms with Crippen molar-refractivity contribution in [2.75, 3.05) is 7.11 Å². The van der Waals surface area contributed by atoms with Crippen molar-refractivity contribution in [3.8, 4) is 17.2 Å². The summed E-state index contributed by atoms with van der Waals surface area (Å²) >= 11 is 0. The predicted octanol–water partition coefficient (Wildman–Crippen LogP) is 0.788. The van der Waals surface area contributed by atoms with Crippen molar-refractivity contribution >= 4 is 18.4 Å². The van der Waals surface area contributed by atoms with Crippen LogP contribution in [-0.4, -0.2) is 28.4 Å². The number of phenolic OH excluding ortho intramolecular Hbond substituents is 3. The fourth-order valence-corrected chi connectivity index (χ4v) is 1.26. The quantitative estimate of drug-likeness (QED) is 0.474.